The number of primary amides is 1. The van der Waals surface area contributed by atoms with Gasteiger partial charge >= 0.3 is 0 Å². The molecule has 6 heteroatoms. The molecule has 0 unspecified atom stereocenters. The number of likely N-dealkylation sites (tertiary alicyclic amines) is 1. The molecule has 1 radical (unpaired) electrons. The Kier molecular flexibility index (Phi) is 3.89. The molecule has 4 rings (SSSR count). The topological polar surface area (TPSA) is 95.0 Å². The zero-order valence-electron chi connectivity index (χ0n) is 13.8. The molecule has 1 amide bonds. The van der Waals surface area contributed by atoms with Crippen LogP contribution in [0, 0.1) is 6.07 Å². The van der Waals surface area contributed by atoms with Crippen molar-refractivity contribution in [2.75, 3.05) is 13.1 Å². The van der Waals surface area contributed by atoms with Crippen molar-refractivity contribution in [3.63, 3.8) is 0 Å². The molecule has 6 nitrogen and oxygen atoms in total. The smallest absolute Gasteiger partial charge is 0.265 e. The van der Waals surface area contributed by atoms with E-state index in [1.165, 1.54) is 24.5 Å². The summed E-state index contributed by atoms with van der Waals surface area (Å²) in [4.78, 5) is 31.5. The van der Waals surface area contributed by atoms with Crippen molar-refractivity contribution in [1.82, 2.24) is 14.9 Å². The number of carbonyl (C=O) groups is 1. The van der Waals surface area contributed by atoms with Crippen molar-refractivity contribution < 1.29 is 4.79 Å². The van der Waals surface area contributed by atoms with Crippen LogP contribution in [0.1, 0.15) is 28.9 Å². The molecule has 1 saturated heterocycles. The van der Waals surface area contributed by atoms with Gasteiger partial charge in [-0.15, -0.1) is 0 Å². The summed E-state index contributed by atoms with van der Waals surface area (Å²) in [6.07, 6.45) is 2.55. The van der Waals surface area contributed by atoms with E-state index in [0.717, 1.165) is 30.5 Å². The Bertz CT molecular complexity index is 996. The zero-order chi connectivity index (χ0) is 17.4. The minimum absolute atomic E-state index is 0.0160. The van der Waals surface area contributed by atoms with Gasteiger partial charge < -0.3 is 15.7 Å². The third kappa shape index (κ3) is 3.08. The van der Waals surface area contributed by atoms with Gasteiger partial charge in [0.05, 0.1) is 11.3 Å². The monoisotopic (exact) mass is 335 g/mol. The van der Waals surface area contributed by atoms with Crippen LogP contribution in [0.3, 0.4) is 0 Å². The second kappa shape index (κ2) is 6.22. The molecule has 25 heavy (non-hydrogen) atoms. The SMILES string of the molecule is NC(=O)c1[c]cc(-c2cc3cc(CN4CCCC4)ccc3[nH]2)c(=O)[nH]1. The van der Waals surface area contributed by atoms with Crippen LogP contribution in [-0.2, 0) is 6.54 Å². The van der Waals surface area contributed by atoms with E-state index in [1.54, 1.807) is 0 Å². The first-order chi connectivity index (χ1) is 12.1. The lowest BCUT2D eigenvalue weighted by Crippen LogP contribution is -2.19. The molecule has 0 atom stereocenters. The lowest BCUT2D eigenvalue weighted by atomic mass is 10.1. The molecule has 1 aromatic carbocycles. The maximum Gasteiger partial charge on any atom is 0.265 e. The highest BCUT2D eigenvalue weighted by Gasteiger charge is 2.13. The van der Waals surface area contributed by atoms with Gasteiger partial charge in [0.2, 0.25) is 0 Å². The molecule has 4 N–H and O–H groups in total. The second-order valence-electron chi connectivity index (χ2n) is 6.48. The fraction of sp³-hybridized carbons (Fsp3) is 0.263. The van der Waals surface area contributed by atoms with E-state index >= 15 is 0 Å². The normalized spacial score (nSPS) is 15.0. The molecule has 127 valence electrons. The van der Waals surface area contributed by atoms with E-state index in [4.69, 9.17) is 5.73 Å². The number of nitrogens with one attached hydrogen (secondary N) is 2. The van der Waals surface area contributed by atoms with Gasteiger partial charge in [-0.3, -0.25) is 14.5 Å². The lowest BCUT2D eigenvalue weighted by Gasteiger charge is -2.14. The van der Waals surface area contributed by atoms with Crippen LogP contribution in [0.4, 0.5) is 0 Å². The molecule has 0 spiro atoms. The highest BCUT2D eigenvalue weighted by atomic mass is 16.1. The highest BCUT2D eigenvalue weighted by Crippen LogP contribution is 2.24. The van der Waals surface area contributed by atoms with E-state index < -0.39 is 5.91 Å². The van der Waals surface area contributed by atoms with E-state index in [9.17, 15) is 9.59 Å². The Morgan fingerprint density at radius 2 is 2.00 bits per heavy atom. The Morgan fingerprint density at radius 3 is 2.72 bits per heavy atom. The van der Waals surface area contributed by atoms with E-state index in [-0.39, 0.29) is 11.3 Å². The molecule has 1 fully saturated rings. The van der Waals surface area contributed by atoms with Crippen LogP contribution >= 0.6 is 0 Å². The van der Waals surface area contributed by atoms with Crippen molar-refractivity contribution in [3.8, 4) is 11.3 Å². The summed E-state index contributed by atoms with van der Waals surface area (Å²) in [5.74, 6) is -0.702. The van der Waals surface area contributed by atoms with Crippen LogP contribution in [0.15, 0.2) is 35.1 Å². The highest BCUT2D eigenvalue weighted by molar-refractivity contribution is 5.91. The summed E-state index contributed by atoms with van der Waals surface area (Å²) in [7, 11) is 0. The van der Waals surface area contributed by atoms with Gasteiger partial charge in [-0.05, 0) is 55.8 Å². The van der Waals surface area contributed by atoms with Gasteiger partial charge in [0.15, 0.2) is 0 Å². The van der Waals surface area contributed by atoms with E-state index in [0.29, 0.717) is 11.3 Å². The summed E-state index contributed by atoms with van der Waals surface area (Å²) < 4.78 is 0. The van der Waals surface area contributed by atoms with Gasteiger partial charge in [-0.1, -0.05) is 6.07 Å². The Morgan fingerprint density at radius 1 is 1.20 bits per heavy atom. The van der Waals surface area contributed by atoms with Gasteiger partial charge in [-0.25, -0.2) is 0 Å². The number of aromatic amines is 2. The number of rotatable bonds is 4. The maximum atomic E-state index is 12.2. The van der Waals surface area contributed by atoms with Gasteiger partial charge in [0.1, 0.15) is 5.69 Å². The predicted molar refractivity (Wildman–Crippen MR) is 96.2 cm³/mol. The van der Waals surface area contributed by atoms with Crippen LogP contribution in [0.5, 0.6) is 0 Å². The Hall–Kier alpha value is -2.86. The average molecular weight is 335 g/mol. The molecule has 1 aliphatic heterocycles. The van der Waals surface area contributed by atoms with Crippen LogP contribution < -0.4 is 11.3 Å². The standard InChI is InChI=1S/C19H19N4O2/c20-18(24)16-6-4-14(19(25)22-16)17-10-13-9-12(3-5-15(13)21-17)11-23-7-1-2-8-23/h3-5,9-10,21H,1-2,7-8,11H2,(H2,20,24)(H,22,25). The number of H-pyrrole nitrogens is 2. The number of fused-ring (bicyclic) bond motifs is 1. The lowest BCUT2D eigenvalue weighted by molar-refractivity contribution is 0.0995. The van der Waals surface area contributed by atoms with Crippen molar-refractivity contribution in [2.24, 2.45) is 5.73 Å². The number of amides is 1. The number of carbonyl (C=O) groups excluding carboxylic acids is 1. The first-order valence-electron chi connectivity index (χ1n) is 8.39. The molecule has 0 bridgehead atoms. The first-order valence-corrected chi connectivity index (χ1v) is 8.39. The molecular formula is C19H19N4O2. The third-order valence-corrected chi connectivity index (χ3v) is 4.67. The van der Waals surface area contributed by atoms with Crippen LogP contribution in [-0.4, -0.2) is 33.9 Å². The van der Waals surface area contributed by atoms with Crippen molar-refractivity contribution in [3.05, 3.63) is 58.0 Å². The maximum absolute atomic E-state index is 12.2. The number of nitrogens with two attached hydrogens (primary N) is 1. The summed E-state index contributed by atoms with van der Waals surface area (Å²) in [5.41, 5.74) is 8.15. The summed E-state index contributed by atoms with van der Waals surface area (Å²) in [6.45, 7) is 3.28. The molecule has 3 aromatic rings. The third-order valence-electron chi connectivity index (χ3n) is 4.67. The second-order valence-corrected chi connectivity index (χ2v) is 6.48. The Balaban J connectivity index is 1.67. The number of hydrogen-bond acceptors (Lipinski definition) is 3. The fourth-order valence-corrected chi connectivity index (χ4v) is 3.38. The molecule has 2 aromatic heterocycles. The molecule has 3 heterocycles. The van der Waals surface area contributed by atoms with E-state index in [2.05, 4.69) is 33.1 Å². The molecule has 0 aliphatic carbocycles. The average Bonchev–Trinajstić information content (AvgIpc) is 3.23. The summed E-state index contributed by atoms with van der Waals surface area (Å²) in [6, 6.07) is 12.5. The molecular weight excluding hydrogens is 316 g/mol. The quantitative estimate of drug-likeness (QED) is 0.681. The number of aromatic nitrogens is 2. The van der Waals surface area contributed by atoms with Crippen molar-refractivity contribution in [2.45, 2.75) is 19.4 Å². The first kappa shape index (κ1) is 15.7. The van der Waals surface area contributed by atoms with E-state index in [1.807, 2.05) is 12.1 Å². The Labute approximate surface area is 144 Å². The minimum Gasteiger partial charge on any atom is -0.364 e. The fourth-order valence-electron chi connectivity index (χ4n) is 3.38. The largest absolute Gasteiger partial charge is 0.364 e. The van der Waals surface area contributed by atoms with Crippen molar-refractivity contribution in [1.29, 1.82) is 0 Å². The van der Waals surface area contributed by atoms with Gasteiger partial charge in [-0.2, -0.15) is 0 Å². The summed E-state index contributed by atoms with van der Waals surface area (Å²) in [5, 5.41) is 1.06. The molecule has 1 aliphatic rings. The number of hydrogen-bond donors (Lipinski definition) is 3. The van der Waals surface area contributed by atoms with Crippen LogP contribution in [0.2, 0.25) is 0 Å². The number of benzene rings is 1. The molecule has 0 saturated carbocycles. The number of pyridine rings is 1. The minimum atomic E-state index is -0.702. The zero-order valence-corrected chi connectivity index (χ0v) is 13.8. The number of nitrogens with zero attached hydrogens (tertiary/aromatic N) is 1. The van der Waals surface area contributed by atoms with Gasteiger partial charge in [0.25, 0.3) is 11.5 Å². The summed E-state index contributed by atoms with van der Waals surface area (Å²) >= 11 is 0. The van der Waals surface area contributed by atoms with Crippen LogP contribution in [0.25, 0.3) is 22.2 Å². The van der Waals surface area contributed by atoms with Gasteiger partial charge in [0, 0.05) is 23.5 Å². The van der Waals surface area contributed by atoms with Crippen molar-refractivity contribution >= 4 is 16.8 Å². The predicted octanol–water partition coefficient (Wildman–Crippen LogP) is 2.02.